The van der Waals surface area contributed by atoms with Gasteiger partial charge < -0.3 is 5.11 Å². The highest BCUT2D eigenvalue weighted by atomic mass is 16.3. The molecule has 0 heterocycles. The van der Waals surface area contributed by atoms with Crippen molar-refractivity contribution >= 4 is 0 Å². The monoisotopic (exact) mass is 138 g/mol. The quantitative estimate of drug-likeness (QED) is 0.545. The third-order valence-electron chi connectivity index (χ3n) is 3.02. The summed E-state index contributed by atoms with van der Waals surface area (Å²) in [4.78, 5) is 0. The van der Waals surface area contributed by atoms with Crippen LogP contribution in [0.3, 0.4) is 0 Å². The molecule has 0 aromatic heterocycles. The van der Waals surface area contributed by atoms with E-state index in [2.05, 4.69) is 12.2 Å². The zero-order valence-corrected chi connectivity index (χ0v) is 6.33. The van der Waals surface area contributed by atoms with E-state index < -0.39 is 0 Å². The lowest BCUT2D eigenvalue weighted by Crippen LogP contribution is -2.31. The van der Waals surface area contributed by atoms with Gasteiger partial charge in [0.25, 0.3) is 0 Å². The van der Waals surface area contributed by atoms with Crippen LogP contribution in [0, 0.1) is 17.8 Å². The van der Waals surface area contributed by atoms with Gasteiger partial charge in [-0.1, -0.05) is 12.2 Å². The van der Waals surface area contributed by atoms with Crippen molar-refractivity contribution in [3.63, 3.8) is 0 Å². The topological polar surface area (TPSA) is 20.2 Å². The fraction of sp³-hybridized carbons (Fsp3) is 0.778. The van der Waals surface area contributed by atoms with E-state index in [1.54, 1.807) is 0 Å². The summed E-state index contributed by atoms with van der Waals surface area (Å²) in [6.07, 6.45) is 7.03. The van der Waals surface area contributed by atoms with Gasteiger partial charge >= 0.3 is 0 Å². The SMILES string of the molecule is CC(O)C1C=CC2CCC21. The van der Waals surface area contributed by atoms with Crippen LogP contribution in [0.4, 0.5) is 0 Å². The van der Waals surface area contributed by atoms with E-state index in [9.17, 15) is 5.11 Å². The molecular weight excluding hydrogens is 124 g/mol. The van der Waals surface area contributed by atoms with Crippen LogP contribution in [-0.2, 0) is 0 Å². The van der Waals surface area contributed by atoms with E-state index in [0.29, 0.717) is 5.92 Å². The second kappa shape index (κ2) is 2.09. The minimum absolute atomic E-state index is 0.133. The molecule has 0 saturated heterocycles. The summed E-state index contributed by atoms with van der Waals surface area (Å²) in [7, 11) is 0. The number of hydrogen-bond acceptors (Lipinski definition) is 1. The number of rotatable bonds is 1. The van der Waals surface area contributed by atoms with Crippen LogP contribution in [-0.4, -0.2) is 11.2 Å². The van der Waals surface area contributed by atoms with Crippen LogP contribution in [0.2, 0.25) is 0 Å². The molecule has 0 aromatic carbocycles. The first-order valence-corrected chi connectivity index (χ1v) is 4.15. The molecule has 0 bridgehead atoms. The standard InChI is InChI=1S/C9H14O/c1-6(10)8-4-2-7-3-5-9(7)8/h2,4,6-10H,3,5H2,1H3. The van der Waals surface area contributed by atoms with E-state index in [1.165, 1.54) is 12.8 Å². The number of aliphatic hydroxyl groups is 1. The highest BCUT2D eigenvalue weighted by Gasteiger charge is 2.39. The van der Waals surface area contributed by atoms with Gasteiger partial charge in [-0.25, -0.2) is 0 Å². The van der Waals surface area contributed by atoms with Crippen molar-refractivity contribution in [1.82, 2.24) is 0 Å². The van der Waals surface area contributed by atoms with Crippen LogP contribution in [0.25, 0.3) is 0 Å². The summed E-state index contributed by atoms with van der Waals surface area (Å²) in [6, 6.07) is 0. The molecule has 56 valence electrons. The van der Waals surface area contributed by atoms with E-state index in [0.717, 1.165) is 11.8 Å². The van der Waals surface area contributed by atoms with Gasteiger partial charge in [0.15, 0.2) is 0 Å². The molecule has 2 aliphatic rings. The first kappa shape index (κ1) is 6.41. The molecule has 0 radical (unpaired) electrons. The molecule has 0 aliphatic heterocycles. The normalized spacial score (nSPS) is 46.4. The third-order valence-corrected chi connectivity index (χ3v) is 3.02. The molecule has 0 amide bonds. The van der Waals surface area contributed by atoms with Gasteiger partial charge in [-0.05, 0) is 31.6 Å². The van der Waals surface area contributed by atoms with Crippen LogP contribution in [0.5, 0.6) is 0 Å². The van der Waals surface area contributed by atoms with Crippen molar-refractivity contribution in [2.75, 3.05) is 0 Å². The Morgan fingerprint density at radius 1 is 1.40 bits per heavy atom. The predicted octanol–water partition coefficient (Wildman–Crippen LogP) is 1.58. The second-order valence-corrected chi connectivity index (χ2v) is 3.61. The molecule has 1 fully saturated rings. The van der Waals surface area contributed by atoms with Gasteiger partial charge in [-0.2, -0.15) is 0 Å². The Bertz CT molecular complexity index is 160. The lowest BCUT2D eigenvalue weighted by atomic mass is 9.71. The maximum absolute atomic E-state index is 9.32. The molecular formula is C9H14O. The first-order valence-electron chi connectivity index (χ1n) is 4.15. The van der Waals surface area contributed by atoms with Gasteiger partial charge in [0.1, 0.15) is 0 Å². The Morgan fingerprint density at radius 3 is 2.50 bits per heavy atom. The maximum atomic E-state index is 9.32. The maximum Gasteiger partial charge on any atom is 0.0577 e. The number of aliphatic hydroxyl groups excluding tert-OH is 1. The summed E-state index contributed by atoms with van der Waals surface area (Å²) in [5, 5.41) is 9.32. The molecule has 1 N–H and O–H groups in total. The van der Waals surface area contributed by atoms with E-state index in [-0.39, 0.29) is 6.10 Å². The molecule has 1 heteroatoms. The number of hydrogen-bond donors (Lipinski definition) is 1. The average Bonchev–Trinajstić information content (AvgIpc) is 2.07. The van der Waals surface area contributed by atoms with Crippen molar-refractivity contribution in [3.8, 4) is 0 Å². The largest absolute Gasteiger partial charge is 0.393 e. The van der Waals surface area contributed by atoms with Crippen LogP contribution in [0.1, 0.15) is 19.8 Å². The first-order chi connectivity index (χ1) is 4.79. The highest BCUT2D eigenvalue weighted by Crippen LogP contribution is 2.46. The summed E-state index contributed by atoms with van der Waals surface area (Å²) >= 11 is 0. The molecule has 4 atom stereocenters. The van der Waals surface area contributed by atoms with Gasteiger partial charge in [0.05, 0.1) is 6.10 Å². The molecule has 2 rings (SSSR count). The highest BCUT2D eigenvalue weighted by molar-refractivity contribution is 5.12. The molecule has 2 aliphatic carbocycles. The minimum atomic E-state index is -0.133. The van der Waals surface area contributed by atoms with Crippen molar-refractivity contribution in [2.45, 2.75) is 25.9 Å². The Balaban J connectivity index is 2.05. The number of allylic oxidation sites excluding steroid dienone is 1. The van der Waals surface area contributed by atoms with Crippen LogP contribution in [0.15, 0.2) is 12.2 Å². The lowest BCUT2D eigenvalue weighted by molar-refractivity contribution is 0.0731. The number of fused-ring (bicyclic) bond motifs is 1. The van der Waals surface area contributed by atoms with Gasteiger partial charge in [0.2, 0.25) is 0 Å². The van der Waals surface area contributed by atoms with Crippen molar-refractivity contribution in [3.05, 3.63) is 12.2 Å². The zero-order valence-electron chi connectivity index (χ0n) is 6.33. The van der Waals surface area contributed by atoms with Crippen LogP contribution >= 0.6 is 0 Å². The second-order valence-electron chi connectivity index (χ2n) is 3.61. The Hall–Kier alpha value is -0.300. The van der Waals surface area contributed by atoms with E-state index >= 15 is 0 Å². The average molecular weight is 138 g/mol. The third kappa shape index (κ3) is 0.734. The molecule has 1 nitrogen and oxygen atoms in total. The molecule has 4 unspecified atom stereocenters. The van der Waals surface area contributed by atoms with Gasteiger partial charge in [0, 0.05) is 5.92 Å². The molecule has 0 aromatic rings. The van der Waals surface area contributed by atoms with Crippen LogP contribution < -0.4 is 0 Å². The lowest BCUT2D eigenvalue weighted by Gasteiger charge is -2.35. The fourth-order valence-corrected chi connectivity index (χ4v) is 2.20. The zero-order chi connectivity index (χ0) is 7.14. The Morgan fingerprint density at radius 2 is 2.20 bits per heavy atom. The van der Waals surface area contributed by atoms with Gasteiger partial charge in [-0.3, -0.25) is 0 Å². The fourth-order valence-electron chi connectivity index (χ4n) is 2.20. The smallest absolute Gasteiger partial charge is 0.0577 e. The molecule has 10 heavy (non-hydrogen) atoms. The van der Waals surface area contributed by atoms with Crippen molar-refractivity contribution in [1.29, 1.82) is 0 Å². The Labute approximate surface area is 61.8 Å². The van der Waals surface area contributed by atoms with E-state index in [4.69, 9.17) is 0 Å². The predicted molar refractivity (Wildman–Crippen MR) is 40.5 cm³/mol. The summed E-state index contributed by atoms with van der Waals surface area (Å²) in [5.41, 5.74) is 0. The molecule has 0 spiro atoms. The van der Waals surface area contributed by atoms with E-state index in [1.807, 2.05) is 6.92 Å². The summed E-state index contributed by atoms with van der Waals surface area (Å²) in [6.45, 7) is 1.90. The van der Waals surface area contributed by atoms with Crippen molar-refractivity contribution in [2.24, 2.45) is 17.8 Å². The summed E-state index contributed by atoms with van der Waals surface area (Å²) < 4.78 is 0. The Kier molecular flexibility index (Phi) is 1.34. The van der Waals surface area contributed by atoms with Crippen molar-refractivity contribution < 1.29 is 5.11 Å². The minimum Gasteiger partial charge on any atom is -0.393 e. The summed E-state index contributed by atoms with van der Waals surface area (Å²) in [5.74, 6) is 2.08. The van der Waals surface area contributed by atoms with Gasteiger partial charge in [-0.15, -0.1) is 0 Å². The molecule has 1 saturated carbocycles.